The smallest absolute Gasteiger partial charge is 0.255 e. The molecule has 0 spiro atoms. The second-order valence-corrected chi connectivity index (χ2v) is 7.43. The van der Waals surface area contributed by atoms with Gasteiger partial charge in [0.25, 0.3) is 5.91 Å². The number of hydrogen-bond acceptors (Lipinski definition) is 2. The third kappa shape index (κ3) is 2.72. The number of rotatable bonds is 5. The maximum atomic E-state index is 13.2. The van der Waals surface area contributed by atoms with Crippen molar-refractivity contribution in [1.29, 1.82) is 0 Å². The fourth-order valence-electron chi connectivity index (χ4n) is 4.46. The first-order valence-corrected chi connectivity index (χ1v) is 9.98. The molecule has 30 heavy (non-hydrogen) atoms. The van der Waals surface area contributed by atoms with E-state index in [4.69, 9.17) is 4.74 Å². The van der Waals surface area contributed by atoms with Crippen LogP contribution in [0.1, 0.15) is 27.5 Å². The number of H-pyrrole nitrogens is 1. The topological polar surface area (TPSA) is 45.3 Å². The SMILES string of the molecule is C=CCN1C(=O)c2ccccc2[C@@H]1c1c(-c2cccc(OC)c2)[nH]c2ccccc12. The van der Waals surface area contributed by atoms with Gasteiger partial charge in [0, 0.05) is 34.1 Å². The van der Waals surface area contributed by atoms with Crippen molar-refractivity contribution in [1.82, 2.24) is 9.88 Å². The van der Waals surface area contributed by atoms with Gasteiger partial charge < -0.3 is 14.6 Å². The number of methoxy groups -OCH3 is 1. The van der Waals surface area contributed by atoms with Gasteiger partial charge in [-0.2, -0.15) is 0 Å². The van der Waals surface area contributed by atoms with Gasteiger partial charge >= 0.3 is 0 Å². The Morgan fingerprint density at radius 3 is 2.70 bits per heavy atom. The lowest BCUT2D eigenvalue weighted by molar-refractivity contribution is 0.0771. The maximum absolute atomic E-state index is 13.2. The van der Waals surface area contributed by atoms with Crippen molar-refractivity contribution in [3.05, 3.63) is 102 Å². The average Bonchev–Trinajstić information content (AvgIpc) is 3.30. The fourth-order valence-corrected chi connectivity index (χ4v) is 4.46. The molecule has 1 N–H and O–H groups in total. The van der Waals surface area contributed by atoms with Gasteiger partial charge in [-0.15, -0.1) is 6.58 Å². The monoisotopic (exact) mass is 394 g/mol. The highest BCUT2D eigenvalue weighted by molar-refractivity contribution is 6.02. The van der Waals surface area contributed by atoms with Crippen LogP contribution in [0, 0.1) is 0 Å². The number of hydrogen-bond donors (Lipinski definition) is 1. The molecule has 0 saturated carbocycles. The second-order valence-electron chi connectivity index (χ2n) is 7.43. The van der Waals surface area contributed by atoms with Crippen molar-refractivity contribution in [2.24, 2.45) is 0 Å². The molecule has 1 aliphatic rings. The molecule has 148 valence electrons. The standard InChI is InChI=1S/C26H22N2O2/c1-3-15-28-25(19-11-4-5-12-20(19)26(28)29)23-21-13-6-7-14-22(21)27-24(23)17-9-8-10-18(16-17)30-2/h3-14,16,25,27H,1,15H2,2H3/t25-/m1/s1. The zero-order valence-corrected chi connectivity index (χ0v) is 16.8. The Morgan fingerprint density at radius 2 is 1.87 bits per heavy atom. The van der Waals surface area contributed by atoms with E-state index < -0.39 is 0 Å². The van der Waals surface area contributed by atoms with Crippen molar-refractivity contribution in [2.75, 3.05) is 13.7 Å². The summed E-state index contributed by atoms with van der Waals surface area (Å²) in [6.07, 6.45) is 1.79. The molecular formula is C26H22N2O2. The van der Waals surface area contributed by atoms with Crippen LogP contribution in [0.25, 0.3) is 22.2 Å². The summed E-state index contributed by atoms with van der Waals surface area (Å²) in [5.41, 5.74) is 5.94. The van der Waals surface area contributed by atoms with Gasteiger partial charge in [-0.25, -0.2) is 0 Å². The van der Waals surface area contributed by atoms with E-state index in [0.29, 0.717) is 6.54 Å². The van der Waals surface area contributed by atoms with Crippen molar-refractivity contribution in [3.63, 3.8) is 0 Å². The van der Waals surface area contributed by atoms with Crippen LogP contribution in [-0.2, 0) is 0 Å². The summed E-state index contributed by atoms with van der Waals surface area (Å²) < 4.78 is 5.46. The van der Waals surface area contributed by atoms with Crippen molar-refractivity contribution >= 4 is 16.8 Å². The van der Waals surface area contributed by atoms with E-state index in [0.717, 1.165) is 44.6 Å². The van der Waals surface area contributed by atoms with Crippen LogP contribution in [0.3, 0.4) is 0 Å². The van der Waals surface area contributed by atoms with Crippen LogP contribution >= 0.6 is 0 Å². The normalized spacial score (nSPS) is 15.4. The molecule has 1 aromatic heterocycles. The largest absolute Gasteiger partial charge is 0.497 e. The van der Waals surface area contributed by atoms with Gasteiger partial charge in [-0.05, 0) is 29.8 Å². The van der Waals surface area contributed by atoms with Gasteiger partial charge in [-0.3, -0.25) is 4.79 Å². The second kappa shape index (κ2) is 7.23. The molecule has 5 rings (SSSR count). The first kappa shape index (κ1) is 18.3. The molecular weight excluding hydrogens is 372 g/mol. The van der Waals surface area contributed by atoms with Crippen molar-refractivity contribution in [2.45, 2.75) is 6.04 Å². The third-order valence-electron chi connectivity index (χ3n) is 5.76. The summed E-state index contributed by atoms with van der Waals surface area (Å²) >= 11 is 0. The molecule has 1 aliphatic heterocycles. The Bertz CT molecular complexity index is 1270. The lowest BCUT2D eigenvalue weighted by Crippen LogP contribution is -2.29. The van der Waals surface area contributed by atoms with Gasteiger partial charge in [0.2, 0.25) is 0 Å². The highest BCUT2D eigenvalue weighted by Gasteiger charge is 2.39. The fraction of sp³-hybridized carbons (Fsp3) is 0.115. The summed E-state index contributed by atoms with van der Waals surface area (Å²) in [6, 6.07) is 23.9. The molecule has 2 heterocycles. The minimum atomic E-state index is -0.191. The van der Waals surface area contributed by atoms with Gasteiger partial charge in [0.1, 0.15) is 5.75 Å². The van der Waals surface area contributed by atoms with Gasteiger partial charge in [-0.1, -0.05) is 54.6 Å². The van der Waals surface area contributed by atoms with E-state index in [9.17, 15) is 4.79 Å². The number of nitrogens with zero attached hydrogens (tertiary/aromatic N) is 1. The molecule has 4 heteroatoms. The summed E-state index contributed by atoms with van der Waals surface area (Å²) in [6.45, 7) is 4.37. The molecule has 0 aliphatic carbocycles. The Morgan fingerprint density at radius 1 is 1.07 bits per heavy atom. The lowest BCUT2D eigenvalue weighted by atomic mass is 9.93. The lowest BCUT2D eigenvalue weighted by Gasteiger charge is -2.25. The summed E-state index contributed by atoms with van der Waals surface area (Å²) in [7, 11) is 1.67. The molecule has 0 fully saturated rings. The van der Waals surface area contributed by atoms with E-state index in [1.807, 2.05) is 53.4 Å². The number of carbonyl (C=O) groups is 1. The van der Waals surface area contributed by atoms with Crippen molar-refractivity contribution in [3.8, 4) is 17.0 Å². The number of aromatic nitrogens is 1. The Labute approximate surface area is 175 Å². The maximum Gasteiger partial charge on any atom is 0.255 e. The molecule has 0 bridgehead atoms. The van der Waals surface area contributed by atoms with Gasteiger partial charge in [0.15, 0.2) is 0 Å². The zero-order valence-electron chi connectivity index (χ0n) is 16.8. The summed E-state index contributed by atoms with van der Waals surface area (Å²) in [5.74, 6) is 0.834. The number of fused-ring (bicyclic) bond motifs is 2. The van der Waals surface area contributed by atoms with Crippen LogP contribution in [0.2, 0.25) is 0 Å². The zero-order chi connectivity index (χ0) is 20.7. The minimum Gasteiger partial charge on any atom is -0.497 e. The van der Waals surface area contributed by atoms with Crippen LogP contribution in [0.15, 0.2) is 85.5 Å². The molecule has 0 radical (unpaired) electrons. The summed E-state index contributed by atoms with van der Waals surface area (Å²) in [5, 5.41) is 1.11. The molecule has 1 atom stereocenters. The minimum absolute atomic E-state index is 0.0392. The number of ether oxygens (including phenoxy) is 1. The average molecular weight is 394 g/mol. The number of carbonyl (C=O) groups excluding carboxylic acids is 1. The van der Waals surface area contributed by atoms with Crippen LogP contribution in [0.4, 0.5) is 0 Å². The Hall–Kier alpha value is -3.79. The highest BCUT2D eigenvalue weighted by atomic mass is 16.5. The predicted octanol–water partition coefficient (Wildman–Crippen LogP) is 5.57. The number of benzene rings is 3. The quantitative estimate of drug-likeness (QED) is 0.450. The predicted molar refractivity (Wildman–Crippen MR) is 120 cm³/mol. The molecule has 4 aromatic rings. The van der Waals surface area contributed by atoms with E-state index in [1.165, 1.54) is 0 Å². The van der Waals surface area contributed by atoms with Gasteiger partial charge in [0.05, 0.1) is 18.8 Å². The number of nitrogens with one attached hydrogen (secondary N) is 1. The number of aromatic amines is 1. The van der Waals surface area contributed by atoms with Crippen LogP contribution in [0.5, 0.6) is 5.75 Å². The molecule has 0 saturated heterocycles. The van der Waals surface area contributed by atoms with E-state index in [2.05, 4.69) is 35.8 Å². The Balaban J connectivity index is 1.81. The number of para-hydroxylation sites is 1. The van der Waals surface area contributed by atoms with Crippen LogP contribution < -0.4 is 4.74 Å². The van der Waals surface area contributed by atoms with E-state index in [-0.39, 0.29) is 11.9 Å². The van der Waals surface area contributed by atoms with E-state index >= 15 is 0 Å². The number of amides is 1. The van der Waals surface area contributed by atoms with E-state index in [1.54, 1.807) is 13.2 Å². The third-order valence-corrected chi connectivity index (χ3v) is 5.76. The highest BCUT2D eigenvalue weighted by Crippen LogP contribution is 2.45. The molecule has 0 unspecified atom stereocenters. The molecule has 1 amide bonds. The van der Waals surface area contributed by atoms with Crippen LogP contribution in [-0.4, -0.2) is 29.4 Å². The molecule has 3 aromatic carbocycles. The first-order chi connectivity index (χ1) is 14.7. The first-order valence-electron chi connectivity index (χ1n) is 9.98. The molecule has 4 nitrogen and oxygen atoms in total. The summed E-state index contributed by atoms with van der Waals surface area (Å²) in [4.78, 5) is 18.7. The Kier molecular flexibility index (Phi) is 4.40. The van der Waals surface area contributed by atoms with Crippen molar-refractivity contribution < 1.29 is 9.53 Å².